The summed E-state index contributed by atoms with van der Waals surface area (Å²) in [5, 5.41) is 18.7. The van der Waals surface area contributed by atoms with Gasteiger partial charge in [0.25, 0.3) is 0 Å². The minimum Gasteiger partial charge on any atom is -0.481 e. The number of rotatable bonds is 5. The van der Waals surface area contributed by atoms with Gasteiger partial charge in [-0.3, -0.25) is 4.79 Å². The molecule has 1 aromatic heterocycles. The van der Waals surface area contributed by atoms with Gasteiger partial charge in [-0.05, 0) is 18.2 Å². The van der Waals surface area contributed by atoms with Gasteiger partial charge in [0, 0.05) is 11.1 Å². The molecule has 9 heteroatoms. The lowest BCUT2D eigenvalue weighted by Crippen LogP contribution is -2.12. The van der Waals surface area contributed by atoms with E-state index in [1.807, 2.05) is 0 Å². The van der Waals surface area contributed by atoms with Crippen LogP contribution in [-0.4, -0.2) is 24.5 Å². The Hall–Kier alpha value is -1.97. The van der Waals surface area contributed by atoms with Crippen molar-refractivity contribution in [2.24, 2.45) is 5.14 Å². The molecule has 0 spiro atoms. The Morgan fingerprint density at radius 3 is 2.85 bits per heavy atom. The number of hydrogen-bond acceptors (Lipinski definition) is 6. The van der Waals surface area contributed by atoms with Crippen LogP contribution in [0.25, 0.3) is 0 Å². The maximum Gasteiger partial charge on any atom is 0.309 e. The van der Waals surface area contributed by atoms with Gasteiger partial charge in [-0.2, -0.15) is 0 Å². The molecule has 0 fully saturated rings. The van der Waals surface area contributed by atoms with Crippen LogP contribution in [-0.2, 0) is 21.2 Å². The second-order valence-corrected chi connectivity index (χ2v) is 6.33. The van der Waals surface area contributed by atoms with Crippen molar-refractivity contribution >= 4 is 38.1 Å². The summed E-state index contributed by atoms with van der Waals surface area (Å²) >= 11 is 1.23. The molecule has 0 saturated heterocycles. The van der Waals surface area contributed by atoms with Crippen molar-refractivity contribution in [1.29, 1.82) is 0 Å². The Morgan fingerprint density at radius 1 is 1.45 bits per heavy atom. The first kappa shape index (κ1) is 14.4. The number of nitrogens with zero attached hydrogens (tertiary/aromatic N) is 1. The molecule has 0 radical (unpaired) electrons. The fourth-order valence-corrected chi connectivity index (χ4v) is 2.76. The number of carbonyl (C=O) groups is 1. The number of nitrogens with one attached hydrogen (secondary N) is 1. The van der Waals surface area contributed by atoms with Crippen LogP contribution in [0.1, 0.15) is 5.69 Å². The minimum atomic E-state index is -3.76. The summed E-state index contributed by atoms with van der Waals surface area (Å²) in [6, 6.07) is 5.98. The van der Waals surface area contributed by atoms with E-state index in [0.717, 1.165) is 0 Å². The molecular formula is C11H11N3O4S2. The maximum absolute atomic E-state index is 11.2. The molecule has 0 aliphatic rings. The van der Waals surface area contributed by atoms with Gasteiger partial charge in [0.05, 0.1) is 17.0 Å². The number of sulfonamides is 1. The molecule has 0 saturated carbocycles. The molecule has 106 valence electrons. The number of primary sulfonamides is 1. The fourth-order valence-electron chi connectivity index (χ4n) is 1.47. The highest BCUT2D eigenvalue weighted by molar-refractivity contribution is 7.89. The van der Waals surface area contributed by atoms with Crippen LogP contribution in [0.3, 0.4) is 0 Å². The zero-order valence-corrected chi connectivity index (χ0v) is 11.7. The van der Waals surface area contributed by atoms with Gasteiger partial charge in [-0.25, -0.2) is 18.5 Å². The van der Waals surface area contributed by atoms with Crippen molar-refractivity contribution < 1.29 is 18.3 Å². The van der Waals surface area contributed by atoms with E-state index in [1.165, 1.54) is 23.5 Å². The first-order valence-corrected chi connectivity index (χ1v) is 7.83. The number of carboxylic acid groups (broad SMARTS) is 1. The quantitative estimate of drug-likeness (QED) is 0.761. The molecule has 0 atom stereocenters. The van der Waals surface area contributed by atoms with E-state index in [2.05, 4.69) is 10.3 Å². The lowest BCUT2D eigenvalue weighted by atomic mass is 10.3. The first-order valence-electron chi connectivity index (χ1n) is 5.41. The number of benzene rings is 1. The molecule has 0 aliphatic heterocycles. The SMILES string of the molecule is NS(=O)(=O)c1cccc(Nc2nc(CC(=O)O)cs2)c1. The van der Waals surface area contributed by atoms with Gasteiger partial charge in [0.15, 0.2) is 5.13 Å². The van der Waals surface area contributed by atoms with Crippen LogP contribution in [0.2, 0.25) is 0 Å². The molecule has 0 unspecified atom stereocenters. The monoisotopic (exact) mass is 313 g/mol. The molecule has 1 aromatic carbocycles. The Bertz CT molecular complexity index is 740. The normalized spacial score (nSPS) is 11.2. The van der Waals surface area contributed by atoms with Gasteiger partial charge in [0.1, 0.15) is 0 Å². The third-order valence-electron chi connectivity index (χ3n) is 2.30. The van der Waals surface area contributed by atoms with Gasteiger partial charge in [0.2, 0.25) is 10.0 Å². The van der Waals surface area contributed by atoms with Crippen molar-refractivity contribution in [2.75, 3.05) is 5.32 Å². The molecular weight excluding hydrogens is 302 g/mol. The molecule has 20 heavy (non-hydrogen) atoms. The topological polar surface area (TPSA) is 122 Å². The second kappa shape index (κ2) is 5.57. The number of nitrogens with two attached hydrogens (primary N) is 1. The average molecular weight is 313 g/mol. The smallest absolute Gasteiger partial charge is 0.309 e. The molecule has 2 rings (SSSR count). The summed E-state index contributed by atoms with van der Waals surface area (Å²) in [7, 11) is -3.76. The van der Waals surface area contributed by atoms with Crippen molar-refractivity contribution in [3.8, 4) is 0 Å². The largest absolute Gasteiger partial charge is 0.481 e. The van der Waals surface area contributed by atoms with Crippen LogP contribution in [0.15, 0.2) is 34.5 Å². The summed E-state index contributed by atoms with van der Waals surface area (Å²) < 4.78 is 22.5. The van der Waals surface area contributed by atoms with Gasteiger partial charge in [-0.15, -0.1) is 11.3 Å². The fraction of sp³-hybridized carbons (Fsp3) is 0.0909. The van der Waals surface area contributed by atoms with Gasteiger partial charge in [-0.1, -0.05) is 6.07 Å². The molecule has 4 N–H and O–H groups in total. The van der Waals surface area contributed by atoms with E-state index in [4.69, 9.17) is 10.2 Å². The van der Waals surface area contributed by atoms with Crippen LogP contribution < -0.4 is 10.5 Å². The van der Waals surface area contributed by atoms with Crippen molar-refractivity contribution in [1.82, 2.24) is 4.98 Å². The molecule has 1 heterocycles. The van der Waals surface area contributed by atoms with Gasteiger partial charge < -0.3 is 10.4 Å². The number of carboxylic acids is 1. The molecule has 0 bridgehead atoms. The van der Waals surface area contributed by atoms with Crippen LogP contribution in [0.5, 0.6) is 0 Å². The first-order chi connectivity index (χ1) is 9.34. The molecule has 7 nitrogen and oxygen atoms in total. The van der Waals surface area contributed by atoms with Gasteiger partial charge >= 0.3 is 5.97 Å². The van der Waals surface area contributed by atoms with E-state index in [-0.39, 0.29) is 11.3 Å². The Morgan fingerprint density at radius 2 is 2.20 bits per heavy atom. The minimum absolute atomic E-state index is 0.00943. The number of aliphatic carboxylic acids is 1. The van der Waals surface area contributed by atoms with Crippen LogP contribution >= 0.6 is 11.3 Å². The Labute approximate surface area is 119 Å². The third kappa shape index (κ3) is 3.76. The number of anilines is 2. The summed E-state index contributed by atoms with van der Waals surface area (Å²) in [5.74, 6) is -0.960. The van der Waals surface area contributed by atoms with Crippen LogP contribution in [0, 0.1) is 0 Å². The Balaban J connectivity index is 2.18. The maximum atomic E-state index is 11.2. The van der Waals surface area contributed by atoms with E-state index in [1.54, 1.807) is 17.5 Å². The highest BCUT2D eigenvalue weighted by Crippen LogP contribution is 2.22. The summed E-state index contributed by atoms with van der Waals surface area (Å²) in [6.45, 7) is 0. The molecule has 2 aromatic rings. The number of aromatic nitrogens is 1. The average Bonchev–Trinajstić information content (AvgIpc) is 2.75. The molecule has 0 amide bonds. The lowest BCUT2D eigenvalue weighted by molar-refractivity contribution is -0.136. The summed E-state index contributed by atoms with van der Waals surface area (Å²) in [6.07, 6.45) is -0.157. The van der Waals surface area contributed by atoms with Crippen molar-refractivity contribution in [3.63, 3.8) is 0 Å². The number of thiazole rings is 1. The van der Waals surface area contributed by atoms with E-state index in [0.29, 0.717) is 16.5 Å². The molecule has 0 aliphatic carbocycles. The highest BCUT2D eigenvalue weighted by Gasteiger charge is 2.10. The van der Waals surface area contributed by atoms with Crippen molar-refractivity contribution in [3.05, 3.63) is 35.3 Å². The zero-order valence-electron chi connectivity index (χ0n) is 10.1. The summed E-state index contributed by atoms with van der Waals surface area (Å²) in [5.41, 5.74) is 0.945. The highest BCUT2D eigenvalue weighted by atomic mass is 32.2. The lowest BCUT2D eigenvalue weighted by Gasteiger charge is -2.04. The van der Waals surface area contributed by atoms with Crippen LogP contribution in [0.4, 0.5) is 10.8 Å². The van der Waals surface area contributed by atoms with Crippen molar-refractivity contribution in [2.45, 2.75) is 11.3 Å². The predicted molar refractivity (Wildman–Crippen MR) is 74.6 cm³/mol. The standard InChI is InChI=1S/C11H11N3O4S2/c12-20(17,18)9-3-1-2-7(4-9)13-11-14-8(6-19-11)5-10(15)16/h1-4,6H,5H2,(H,13,14)(H,15,16)(H2,12,17,18). The number of hydrogen-bond donors (Lipinski definition) is 3. The van der Waals surface area contributed by atoms with E-state index in [9.17, 15) is 13.2 Å². The Kier molecular flexibility index (Phi) is 4.02. The second-order valence-electron chi connectivity index (χ2n) is 3.91. The summed E-state index contributed by atoms with van der Waals surface area (Å²) in [4.78, 5) is 14.6. The van der Waals surface area contributed by atoms with E-state index < -0.39 is 16.0 Å². The third-order valence-corrected chi connectivity index (χ3v) is 4.02. The predicted octanol–water partition coefficient (Wildman–Crippen LogP) is 1.16. The van der Waals surface area contributed by atoms with E-state index >= 15 is 0 Å². The zero-order chi connectivity index (χ0) is 14.8.